The van der Waals surface area contributed by atoms with Crippen LogP contribution in [0, 0.1) is 6.92 Å². The van der Waals surface area contributed by atoms with Gasteiger partial charge < -0.3 is 9.47 Å². The van der Waals surface area contributed by atoms with E-state index in [-0.39, 0.29) is 11.5 Å². The van der Waals surface area contributed by atoms with Crippen molar-refractivity contribution in [2.45, 2.75) is 39.5 Å². The fraction of sp³-hybridized carbons (Fsp3) is 0.474. The van der Waals surface area contributed by atoms with E-state index >= 15 is 0 Å². The van der Waals surface area contributed by atoms with Crippen LogP contribution in [-0.4, -0.2) is 29.5 Å². The molecule has 2 rings (SSSR count). The van der Waals surface area contributed by atoms with Crippen molar-refractivity contribution in [2.75, 3.05) is 14.1 Å². The van der Waals surface area contributed by atoms with Crippen molar-refractivity contribution in [3.63, 3.8) is 0 Å². The fourth-order valence-corrected chi connectivity index (χ4v) is 3.05. The zero-order valence-corrected chi connectivity index (χ0v) is 14.8. The number of hydrogen-bond acceptors (Lipinski definition) is 2. The van der Waals surface area contributed by atoms with Gasteiger partial charge in [-0.3, -0.25) is 9.59 Å². The van der Waals surface area contributed by atoms with E-state index in [0.717, 1.165) is 40.4 Å². The second-order valence-electron chi connectivity index (χ2n) is 6.38. The first kappa shape index (κ1) is 17.3. The Labute approximate surface area is 137 Å². The molecule has 0 fully saturated rings. The van der Waals surface area contributed by atoms with E-state index < -0.39 is 0 Å². The molecule has 0 N–H and O–H groups in total. The summed E-state index contributed by atoms with van der Waals surface area (Å²) in [6.07, 6.45) is 2.95. The standard InChI is InChI=1S/C19H26N2O2/c1-6-7-17-15(10-11-18(22)20(3)4)14-9-8-13(2)12-16(14)19(23)21(17)5/h8-9,12H,6-7,10-11H2,1-5H3. The van der Waals surface area contributed by atoms with E-state index in [4.69, 9.17) is 0 Å². The topological polar surface area (TPSA) is 42.3 Å². The molecule has 0 saturated heterocycles. The second kappa shape index (κ2) is 6.99. The minimum atomic E-state index is 0.0508. The highest BCUT2D eigenvalue weighted by atomic mass is 16.2. The number of nitrogens with zero attached hydrogens (tertiary/aromatic N) is 2. The number of pyridine rings is 1. The van der Waals surface area contributed by atoms with Gasteiger partial charge >= 0.3 is 0 Å². The minimum absolute atomic E-state index is 0.0508. The first-order valence-corrected chi connectivity index (χ1v) is 8.18. The summed E-state index contributed by atoms with van der Waals surface area (Å²) < 4.78 is 1.76. The van der Waals surface area contributed by atoms with E-state index in [1.165, 1.54) is 0 Å². The number of carbonyl (C=O) groups excluding carboxylic acids is 1. The Hall–Kier alpha value is -2.10. The number of aryl methyl sites for hydroxylation is 2. The van der Waals surface area contributed by atoms with Gasteiger partial charge in [-0.2, -0.15) is 0 Å². The zero-order chi connectivity index (χ0) is 17.1. The smallest absolute Gasteiger partial charge is 0.258 e. The van der Waals surface area contributed by atoms with Crippen LogP contribution in [0.2, 0.25) is 0 Å². The number of amides is 1. The van der Waals surface area contributed by atoms with Crippen LogP contribution in [0.25, 0.3) is 10.8 Å². The summed E-state index contributed by atoms with van der Waals surface area (Å²) in [6, 6.07) is 6.01. The third kappa shape index (κ3) is 3.46. The first-order chi connectivity index (χ1) is 10.9. The van der Waals surface area contributed by atoms with Crippen LogP contribution >= 0.6 is 0 Å². The average molecular weight is 314 g/mol. The molecule has 2 aromatic rings. The lowest BCUT2D eigenvalue weighted by Crippen LogP contribution is -2.25. The number of aromatic nitrogens is 1. The predicted octanol–water partition coefficient (Wildman–Crippen LogP) is 2.82. The van der Waals surface area contributed by atoms with E-state index in [9.17, 15) is 9.59 Å². The lowest BCUT2D eigenvalue weighted by atomic mass is 9.96. The number of benzene rings is 1. The summed E-state index contributed by atoms with van der Waals surface area (Å²) in [5.74, 6) is 0.113. The van der Waals surface area contributed by atoms with Gasteiger partial charge in [0.2, 0.25) is 5.91 Å². The van der Waals surface area contributed by atoms with Crippen LogP contribution in [-0.2, 0) is 24.7 Å². The van der Waals surface area contributed by atoms with E-state index in [1.54, 1.807) is 23.6 Å². The molecule has 0 atom stereocenters. The van der Waals surface area contributed by atoms with Crippen LogP contribution in [0.4, 0.5) is 0 Å². The van der Waals surface area contributed by atoms with Gasteiger partial charge in [0.05, 0.1) is 0 Å². The normalized spacial score (nSPS) is 11.0. The molecule has 0 spiro atoms. The van der Waals surface area contributed by atoms with Crippen molar-refractivity contribution < 1.29 is 4.79 Å². The van der Waals surface area contributed by atoms with Gasteiger partial charge in [-0.25, -0.2) is 0 Å². The zero-order valence-electron chi connectivity index (χ0n) is 14.8. The van der Waals surface area contributed by atoms with Crippen LogP contribution in [0.3, 0.4) is 0 Å². The van der Waals surface area contributed by atoms with E-state index in [0.29, 0.717) is 12.8 Å². The molecule has 0 radical (unpaired) electrons. The molecule has 1 aromatic carbocycles. The molecule has 0 aliphatic heterocycles. The molecule has 4 nitrogen and oxygen atoms in total. The summed E-state index contributed by atoms with van der Waals surface area (Å²) in [5.41, 5.74) is 3.32. The minimum Gasteiger partial charge on any atom is -0.349 e. The van der Waals surface area contributed by atoms with Crippen molar-refractivity contribution in [3.8, 4) is 0 Å². The largest absolute Gasteiger partial charge is 0.349 e. The van der Waals surface area contributed by atoms with E-state index in [1.807, 2.05) is 32.2 Å². The van der Waals surface area contributed by atoms with Gasteiger partial charge in [0.1, 0.15) is 0 Å². The SMILES string of the molecule is CCCc1c(CCC(=O)N(C)C)c2ccc(C)cc2c(=O)n1C. The van der Waals surface area contributed by atoms with Gasteiger partial charge in [-0.05, 0) is 36.8 Å². The van der Waals surface area contributed by atoms with Gasteiger partial charge in [0, 0.05) is 38.6 Å². The summed E-state index contributed by atoms with van der Waals surface area (Å²) in [4.78, 5) is 26.3. The lowest BCUT2D eigenvalue weighted by molar-refractivity contribution is -0.128. The molecule has 1 amide bonds. The highest BCUT2D eigenvalue weighted by Gasteiger charge is 2.16. The van der Waals surface area contributed by atoms with Gasteiger partial charge in [-0.1, -0.05) is 31.0 Å². The molecule has 1 heterocycles. The highest BCUT2D eigenvalue weighted by molar-refractivity contribution is 5.87. The monoisotopic (exact) mass is 314 g/mol. The Morgan fingerprint density at radius 3 is 2.48 bits per heavy atom. The van der Waals surface area contributed by atoms with Gasteiger partial charge in [-0.15, -0.1) is 0 Å². The molecule has 124 valence electrons. The van der Waals surface area contributed by atoms with Crippen molar-refractivity contribution in [3.05, 3.63) is 45.4 Å². The average Bonchev–Trinajstić information content (AvgIpc) is 2.52. The summed E-state index contributed by atoms with van der Waals surface area (Å²) in [6.45, 7) is 4.10. The van der Waals surface area contributed by atoms with E-state index in [2.05, 4.69) is 6.92 Å². The summed E-state index contributed by atoms with van der Waals surface area (Å²) in [7, 11) is 5.39. The maximum absolute atomic E-state index is 12.7. The fourth-order valence-electron chi connectivity index (χ4n) is 3.05. The molecule has 0 unspecified atom stereocenters. The van der Waals surface area contributed by atoms with Crippen LogP contribution < -0.4 is 5.56 Å². The quantitative estimate of drug-likeness (QED) is 0.851. The van der Waals surface area contributed by atoms with Crippen molar-refractivity contribution in [2.24, 2.45) is 7.05 Å². The predicted molar refractivity (Wildman–Crippen MR) is 94.9 cm³/mol. The Balaban J connectivity index is 2.63. The molecule has 4 heteroatoms. The van der Waals surface area contributed by atoms with Crippen molar-refractivity contribution in [1.82, 2.24) is 9.47 Å². The Kier molecular flexibility index (Phi) is 5.24. The molecule has 0 aliphatic rings. The maximum Gasteiger partial charge on any atom is 0.258 e. The van der Waals surface area contributed by atoms with Crippen LogP contribution in [0.5, 0.6) is 0 Å². The summed E-state index contributed by atoms with van der Waals surface area (Å²) in [5, 5.41) is 1.74. The number of fused-ring (bicyclic) bond motifs is 1. The summed E-state index contributed by atoms with van der Waals surface area (Å²) >= 11 is 0. The molecule has 0 aliphatic carbocycles. The first-order valence-electron chi connectivity index (χ1n) is 8.18. The number of rotatable bonds is 5. The lowest BCUT2D eigenvalue weighted by Gasteiger charge is -2.18. The maximum atomic E-state index is 12.7. The Morgan fingerprint density at radius 2 is 1.87 bits per heavy atom. The third-order valence-electron chi connectivity index (χ3n) is 4.36. The number of carbonyl (C=O) groups is 1. The van der Waals surface area contributed by atoms with Gasteiger partial charge in [0.25, 0.3) is 5.56 Å². The third-order valence-corrected chi connectivity index (χ3v) is 4.36. The Bertz CT molecular complexity index is 788. The second-order valence-corrected chi connectivity index (χ2v) is 6.38. The molecule has 0 saturated carbocycles. The van der Waals surface area contributed by atoms with Gasteiger partial charge in [0.15, 0.2) is 0 Å². The van der Waals surface area contributed by atoms with Crippen LogP contribution in [0.1, 0.15) is 36.6 Å². The molecular weight excluding hydrogens is 288 g/mol. The number of hydrogen-bond donors (Lipinski definition) is 0. The molecule has 0 bridgehead atoms. The molecular formula is C19H26N2O2. The van der Waals surface area contributed by atoms with Crippen molar-refractivity contribution >= 4 is 16.7 Å². The van der Waals surface area contributed by atoms with Crippen molar-refractivity contribution in [1.29, 1.82) is 0 Å². The Morgan fingerprint density at radius 1 is 1.17 bits per heavy atom. The molecule has 23 heavy (non-hydrogen) atoms. The van der Waals surface area contributed by atoms with Crippen LogP contribution in [0.15, 0.2) is 23.0 Å². The highest BCUT2D eigenvalue weighted by Crippen LogP contribution is 2.23. The molecule has 1 aromatic heterocycles.